The molecule has 2 saturated heterocycles. The molecule has 2 aliphatic heterocycles. The Morgan fingerprint density at radius 3 is 2.45 bits per heavy atom. The average molecular weight is 590 g/mol. The lowest BCUT2D eigenvalue weighted by Crippen LogP contribution is -2.47. The number of carbonyl (C=O) groups is 2. The van der Waals surface area contributed by atoms with Gasteiger partial charge in [-0.1, -0.05) is 17.7 Å². The summed E-state index contributed by atoms with van der Waals surface area (Å²) in [5.74, 6) is -4.04. The van der Waals surface area contributed by atoms with Gasteiger partial charge in [-0.05, 0) is 30.7 Å². The molecule has 0 aliphatic carbocycles. The number of hydrogen-bond acceptors (Lipinski definition) is 6. The fourth-order valence-electron chi connectivity index (χ4n) is 4.68. The molecule has 218 valence electrons. The Hall–Kier alpha value is -3.00. The van der Waals surface area contributed by atoms with E-state index in [1.54, 1.807) is 11.0 Å². The van der Waals surface area contributed by atoms with Gasteiger partial charge in [-0.2, -0.15) is 13.2 Å². The van der Waals surface area contributed by atoms with Gasteiger partial charge in [0.2, 0.25) is 5.91 Å². The van der Waals surface area contributed by atoms with Gasteiger partial charge in [0.15, 0.2) is 11.6 Å². The van der Waals surface area contributed by atoms with Gasteiger partial charge in [-0.25, -0.2) is 8.78 Å². The molecule has 0 bridgehead atoms. The van der Waals surface area contributed by atoms with Crippen LogP contribution < -0.4 is 20.9 Å². The first kappa shape index (κ1) is 30.0. The summed E-state index contributed by atoms with van der Waals surface area (Å²) in [5, 5.41) is 17.8. The van der Waals surface area contributed by atoms with Crippen LogP contribution in [0.15, 0.2) is 30.3 Å². The van der Waals surface area contributed by atoms with Crippen molar-refractivity contribution in [2.24, 2.45) is 0 Å². The largest absolute Gasteiger partial charge is 0.392 e. The third kappa shape index (κ3) is 7.59. The number of rotatable bonds is 8. The quantitative estimate of drug-likeness (QED) is 0.353. The number of anilines is 2. The Labute approximate surface area is 232 Å². The van der Waals surface area contributed by atoms with Crippen LogP contribution in [0, 0.1) is 11.6 Å². The number of carbonyl (C=O) groups excluding carboxylic acids is 2. The Bertz CT molecular complexity index is 1240. The molecule has 4 rings (SSSR count). The zero-order chi connectivity index (χ0) is 29.0. The monoisotopic (exact) mass is 589 g/mol. The van der Waals surface area contributed by atoms with E-state index in [1.807, 2.05) is 4.90 Å². The van der Waals surface area contributed by atoms with Gasteiger partial charge in [0, 0.05) is 56.4 Å². The van der Waals surface area contributed by atoms with E-state index in [1.165, 1.54) is 18.2 Å². The van der Waals surface area contributed by atoms with Crippen LogP contribution in [0.25, 0.3) is 0 Å². The first-order valence-corrected chi connectivity index (χ1v) is 13.1. The molecule has 2 amide bonds. The van der Waals surface area contributed by atoms with Crippen molar-refractivity contribution in [3.8, 4) is 0 Å². The Kier molecular flexibility index (Phi) is 9.49. The molecule has 0 unspecified atom stereocenters. The summed E-state index contributed by atoms with van der Waals surface area (Å²) in [4.78, 5) is 28.7. The Morgan fingerprint density at radius 2 is 1.80 bits per heavy atom. The summed E-state index contributed by atoms with van der Waals surface area (Å²) >= 11 is 6.15. The second kappa shape index (κ2) is 12.7. The number of halogens is 6. The molecule has 2 atom stereocenters. The fraction of sp³-hybridized carbons (Fsp3) is 0.462. The average Bonchev–Trinajstić information content (AvgIpc) is 3.35. The second-order valence-electron chi connectivity index (χ2n) is 9.78. The molecule has 2 fully saturated rings. The van der Waals surface area contributed by atoms with Gasteiger partial charge >= 0.3 is 6.18 Å². The maximum atomic E-state index is 14.9. The maximum Gasteiger partial charge on any atom is 0.390 e. The maximum absolute atomic E-state index is 14.9. The molecular formula is C26H29ClF5N5O3. The third-order valence-corrected chi connectivity index (χ3v) is 7.15. The highest BCUT2D eigenvalue weighted by Gasteiger charge is 2.30. The van der Waals surface area contributed by atoms with Gasteiger partial charge in [0.05, 0.1) is 35.5 Å². The highest BCUT2D eigenvalue weighted by atomic mass is 35.5. The number of piperazine rings is 1. The Morgan fingerprint density at radius 1 is 1.07 bits per heavy atom. The highest BCUT2D eigenvalue weighted by Crippen LogP contribution is 2.31. The van der Waals surface area contributed by atoms with Crippen LogP contribution in [-0.4, -0.2) is 79.4 Å². The molecule has 40 heavy (non-hydrogen) atoms. The molecule has 2 aromatic rings. The molecule has 2 aromatic carbocycles. The van der Waals surface area contributed by atoms with Crippen LogP contribution in [0.3, 0.4) is 0 Å². The lowest BCUT2D eigenvalue weighted by molar-refractivity contribution is -0.138. The van der Waals surface area contributed by atoms with E-state index in [4.69, 9.17) is 11.6 Å². The second-order valence-corrected chi connectivity index (χ2v) is 10.2. The van der Waals surface area contributed by atoms with Crippen LogP contribution in [0.4, 0.5) is 33.3 Å². The predicted octanol–water partition coefficient (Wildman–Crippen LogP) is 3.28. The van der Waals surface area contributed by atoms with Crippen LogP contribution >= 0.6 is 11.6 Å². The van der Waals surface area contributed by atoms with E-state index in [0.29, 0.717) is 36.9 Å². The lowest BCUT2D eigenvalue weighted by atomic mass is 10.1. The first-order chi connectivity index (χ1) is 18.9. The van der Waals surface area contributed by atoms with Crippen molar-refractivity contribution in [1.29, 1.82) is 0 Å². The zero-order valence-corrected chi connectivity index (χ0v) is 22.1. The Balaban J connectivity index is 1.40. The molecule has 2 heterocycles. The van der Waals surface area contributed by atoms with Crippen molar-refractivity contribution in [1.82, 2.24) is 15.5 Å². The standard InChI is InChI=1S/C26H29ClF5N5O3/c27-16-2-4-19(21(11-16)37-9-7-36(8-10-37)6-5-26(30,31)32)35-24(39)18-3-1-15(22(28)23(18)29)13-34-25(40)20-12-17(38)14-33-20/h1-4,11,17,20,33,38H,5-10,12-14H2,(H,34,40)(H,35,39)/t17-,20-/m1/s1. The molecule has 4 N–H and O–H groups in total. The summed E-state index contributed by atoms with van der Waals surface area (Å²) in [6.07, 6.45) is -5.58. The van der Waals surface area contributed by atoms with Gasteiger partial charge in [0.25, 0.3) is 5.91 Å². The lowest BCUT2D eigenvalue weighted by Gasteiger charge is -2.37. The highest BCUT2D eigenvalue weighted by molar-refractivity contribution is 6.31. The molecule has 0 saturated carbocycles. The van der Waals surface area contributed by atoms with E-state index >= 15 is 0 Å². The first-order valence-electron chi connectivity index (χ1n) is 12.7. The number of amides is 2. The molecule has 0 radical (unpaired) electrons. The third-order valence-electron chi connectivity index (χ3n) is 6.92. The van der Waals surface area contributed by atoms with E-state index in [9.17, 15) is 36.6 Å². The van der Waals surface area contributed by atoms with Crippen molar-refractivity contribution in [3.63, 3.8) is 0 Å². The van der Waals surface area contributed by atoms with Gasteiger partial charge < -0.3 is 26.0 Å². The van der Waals surface area contributed by atoms with Crippen LogP contribution in [0.1, 0.15) is 28.8 Å². The van der Waals surface area contributed by atoms with Gasteiger partial charge in [-0.3, -0.25) is 14.5 Å². The number of aliphatic hydroxyl groups excluding tert-OH is 1. The number of nitrogens with one attached hydrogen (secondary N) is 3. The topological polar surface area (TPSA) is 96.9 Å². The van der Waals surface area contributed by atoms with Crippen LogP contribution in [0.2, 0.25) is 5.02 Å². The predicted molar refractivity (Wildman–Crippen MR) is 139 cm³/mol. The van der Waals surface area contributed by atoms with Crippen molar-refractivity contribution < 1.29 is 36.6 Å². The van der Waals surface area contributed by atoms with Crippen LogP contribution in [-0.2, 0) is 11.3 Å². The number of nitrogens with zero attached hydrogens (tertiary/aromatic N) is 2. The number of aliphatic hydroxyl groups is 1. The van der Waals surface area contributed by atoms with Crippen molar-refractivity contribution in [2.75, 3.05) is 49.5 Å². The summed E-state index contributed by atoms with van der Waals surface area (Å²) < 4.78 is 67.4. The van der Waals surface area contributed by atoms with Gasteiger partial charge in [-0.15, -0.1) is 0 Å². The smallest absolute Gasteiger partial charge is 0.390 e. The minimum absolute atomic E-state index is 0.110. The number of β-amino-alcohol motifs (C(OH)–C–C–N with tert-alkyl or cyclic N) is 1. The number of hydrogen-bond donors (Lipinski definition) is 4. The fourth-order valence-corrected chi connectivity index (χ4v) is 4.85. The molecule has 0 spiro atoms. The molecule has 14 heteroatoms. The zero-order valence-electron chi connectivity index (χ0n) is 21.3. The molecular weight excluding hydrogens is 561 g/mol. The minimum Gasteiger partial charge on any atom is -0.392 e. The van der Waals surface area contributed by atoms with E-state index < -0.39 is 53.8 Å². The molecule has 2 aliphatic rings. The SMILES string of the molecule is O=C(Nc1ccc(Cl)cc1N1CCN(CCC(F)(F)F)CC1)c1ccc(CNC(=O)[C@H]2C[C@@H](O)CN2)c(F)c1F. The molecule has 0 aromatic heterocycles. The van der Waals surface area contributed by atoms with E-state index in [0.717, 1.165) is 6.07 Å². The van der Waals surface area contributed by atoms with E-state index in [-0.39, 0.29) is 37.3 Å². The van der Waals surface area contributed by atoms with E-state index in [2.05, 4.69) is 16.0 Å². The number of benzene rings is 2. The summed E-state index contributed by atoms with van der Waals surface area (Å²) in [6, 6.07) is 6.29. The van der Waals surface area contributed by atoms with Crippen LogP contribution in [0.5, 0.6) is 0 Å². The summed E-state index contributed by atoms with van der Waals surface area (Å²) in [6.45, 7) is 1.32. The van der Waals surface area contributed by atoms with Crippen molar-refractivity contribution >= 4 is 34.8 Å². The van der Waals surface area contributed by atoms with Gasteiger partial charge in [0.1, 0.15) is 0 Å². The minimum atomic E-state index is -4.24. The van der Waals surface area contributed by atoms with Crippen molar-refractivity contribution in [2.45, 2.75) is 37.7 Å². The number of alkyl halides is 3. The summed E-state index contributed by atoms with van der Waals surface area (Å²) in [5.41, 5.74) is 0.0743. The normalized spacial score (nSPS) is 20.0. The van der Waals surface area contributed by atoms with Crippen molar-refractivity contribution in [3.05, 3.63) is 58.1 Å². The summed E-state index contributed by atoms with van der Waals surface area (Å²) in [7, 11) is 0. The molecule has 8 nitrogen and oxygen atoms in total.